The third kappa shape index (κ3) is 10.7. The fourth-order valence-corrected chi connectivity index (χ4v) is 8.68. The Kier molecular flexibility index (Phi) is 12.9. The van der Waals surface area contributed by atoms with Gasteiger partial charge in [-0.05, 0) is 44.8 Å². The molecule has 0 radical (unpaired) electrons. The van der Waals surface area contributed by atoms with Gasteiger partial charge in [0, 0.05) is 17.9 Å². The molecule has 1 N–H and O–H groups in total. The van der Waals surface area contributed by atoms with Gasteiger partial charge in [0.05, 0.1) is 14.7 Å². The minimum absolute atomic E-state index is 0.0651. The lowest BCUT2D eigenvalue weighted by molar-refractivity contribution is -0.143. The number of unbranched alkanes of at least 4 members (excludes halogenated alkanes) is 1. The highest BCUT2D eigenvalue weighted by Crippen LogP contribution is 2.43. The first kappa shape index (κ1) is 29.5. The average Bonchev–Trinajstić information content (AvgIpc) is 2.63. The van der Waals surface area contributed by atoms with Gasteiger partial charge in [0.15, 0.2) is 8.32 Å². The van der Waals surface area contributed by atoms with Crippen LogP contribution in [0.3, 0.4) is 0 Å². The van der Waals surface area contributed by atoms with Gasteiger partial charge in [-0.25, -0.2) is 4.79 Å². The number of hydrogen-bond donors (Lipinski definition) is 1. The fraction of sp³-hybridized carbons (Fsp3) is 0.870. The molecule has 5 nitrogen and oxygen atoms in total. The number of aliphatic hydroxyl groups excluding tert-OH is 1. The van der Waals surface area contributed by atoms with Crippen LogP contribution in [0.25, 0.3) is 0 Å². The van der Waals surface area contributed by atoms with Crippen LogP contribution in [-0.4, -0.2) is 59.1 Å². The van der Waals surface area contributed by atoms with Crippen molar-refractivity contribution in [3.05, 3.63) is 12.2 Å². The van der Waals surface area contributed by atoms with Crippen molar-refractivity contribution in [3.8, 4) is 0 Å². The van der Waals surface area contributed by atoms with Gasteiger partial charge in [-0.3, -0.25) is 0 Å². The van der Waals surface area contributed by atoms with Crippen LogP contribution in [0.5, 0.6) is 0 Å². The quantitative estimate of drug-likeness (QED) is 0.138. The van der Waals surface area contributed by atoms with Gasteiger partial charge >= 0.3 is 5.97 Å². The molecule has 0 saturated carbocycles. The summed E-state index contributed by atoms with van der Waals surface area (Å²) in [6.45, 7) is 24.6. The Morgan fingerprint density at radius 1 is 1.13 bits per heavy atom. The number of carbonyl (C=O) groups excluding carboxylic acids is 1. The zero-order valence-electron chi connectivity index (χ0n) is 21.1. The molecular weight excluding hydrogens is 412 g/mol. The normalized spacial score (nSPS) is 15.0. The highest BCUT2D eigenvalue weighted by atomic mass is 28.4. The van der Waals surface area contributed by atoms with Gasteiger partial charge in [0.1, 0.15) is 12.7 Å². The molecule has 0 aliphatic heterocycles. The van der Waals surface area contributed by atoms with Crippen molar-refractivity contribution in [2.45, 2.75) is 109 Å². The number of hydrogen-bond acceptors (Lipinski definition) is 5. The van der Waals surface area contributed by atoms with Crippen LogP contribution < -0.4 is 0 Å². The fourth-order valence-electron chi connectivity index (χ4n) is 3.08. The SMILES string of the molecule is C=C(C)C(=O)OCC(O)COCCC[Si](C)(C)C(C)O[Si](C)(C)C(C)(C)CCCC. The molecule has 0 aliphatic carbocycles. The second-order valence-electron chi connectivity index (χ2n) is 10.5. The van der Waals surface area contributed by atoms with E-state index in [-0.39, 0.29) is 18.3 Å². The summed E-state index contributed by atoms with van der Waals surface area (Å²) in [7, 11) is -3.37. The molecule has 0 fully saturated rings. The second kappa shape index (κ2) is 13.2. The molecule has 0 aliphatic rings. The van der Waals surface area contributed by atoms with E-state index in [1.807, 2.05) is 0 Å². The Hall–Kier alpha value is -0.476. The van der Waals surface area contributed by atoms with Gasteiger partial charge in [0.2, 0.25) is 0 Å². The van der Waals surface area contributed by atoms with Gasteiger partial charge in [-0.2, -0.15) is 0 Å². The molecule has 0 heterocycles. The van der Waals surface area contributed by atoms with E-state index in [9.17, 15) is 9.90 Å². The van der Waals surface area contributed by atoms with E-state index in [2.05, 4.69) is 60.5 Å². The monoisotopic (exact) mass is 460 g/mol. The summed E-state index contributed by atoms with van der Waals surface area (Å²) in [5.41, 5.74) is 0.638. The molecule has 0 aromatic heterocycles. The molecule has 7 heteroatoms. The topological polar surface area (TPSA) is 65.0 Å². The van der Waals surface area contributed by atoms with Crippen molar-refractivity contribution >= 4 is 22.4 Å². The third-order valence-corrected chi connectivity index (χ3v) is 15.2. The molecule has 0 aromatic rings. The lowest BCUT2D eigenvalue weighted by Gasteiger charge is -2.44. The summed E-state index contributed by atoms with van der Waals surface area (Å²) in [5.74, 6) is -0.486. The van der Waals surface area contributed by atoms with Crippen molar-refractivity contribution < 1.29 is 23.8 Å². The van der Waals surface area contributed by atoms with E-state index in [0.717, 1.165) is 12.5 Å². The Morgan fingerprint density at radius 3 is 2.27 bits per heavy atom. The van der Waals surface area contributed by atoms with Crippen LogP contribution in [0.1, 0.15) is 60.3 Å². The Labute approximate surface area is 187 Å². The molecule has 0 saturated heterocycles. The van der Waals surface area contributed by atoms with E-state index >= 15 is 0 Å². The van der Waals surface area contributed by atoms with Gasteiger partial charge in [-0.15, -0.1) is 0 Å². The maximum absolute atomic E-state index is 11.3. The van der Waals surface area contributed by atoms with Crippen molar-refractivity contribution in [2.75, 3.05) is 19.8 Å². The van der Waals surface area contributed by atoms with Gasteiger partial charge in [-0.1, -0.05) is 59.3 Å². The molecule has 0 spiro atoms. The zero-order valence-corrected chi connectivity index (χ0v) is 23.1. The first-order valence-corrected chi connectivity index (χ1v) is 17.6. The van der Waals surface area contributed by atoms with E-state index in [0.29, 0.717) is 17.9 Å². The van der Waals surface area contributed by atoms with Crippen LogP contribution in [0.15, 0.2) is 12.2 Å². The molecule has 0 bridgehead atoms. The summed E-state index contributed by atoms with van der Waals surface area (Å²) < 4.78 is 17.3. The van der Waals surface area contributed by atoms with E-state index < -0.39 is 28.5 Å². The van der Waals surface area contributed by atoms with Crippen molar-refractivity contribution in [1.29, 1.82) is 0 Å². The molecule has 0 aromatic carbocycles. The number of esters is 1. The van der Waals surface area contributed by atoms with Crippen LogP contribution in [0, 0.1) is 0 Å². The highest BCUT2D eigenvalue weighted by Gasteiger charge is 2.44. The molecule has 2 atom stereocenters. The average molecular weight is 461 g/mol. The van der Waals surface area contributed by atoms with Gasteiger partial charge in [0.25, 0.3) is 0 Å². The summed E-state index contributed by atoms with van der Waals surface area (Å²) in [4.78, 5) is 11.3. The molecule has 0 rings (SSSR count). The van der Waals surface area contributed by atoms with E-state index in [1.54, 1.807) is 6.92 Å². The highest BCUT2D eigenvalue weighted by molar-refractivity contribution is 6.81. The van der Waals surface area contributed by atoms with Crippen LogP contribution >= 0.6 is 0 Å². The predicted octanol–water partition coefficient (Wildman–Crippen LogP) is 5.70. The van der Waals surface area contributed by atoms with Gasteiger partial charge < -0.3 is 19.0 Å². The predicted molar refractivity (Wildman–Crippen MR) is 131 cm³/mol. The minimum Gasteiger partial charge on any atom is -0.460 e. The molecular formula is C23H48O5Si2. The Bertz CT molecular complexity index is 532. The maximum Gasteiger partial charge on any atom is 0.333 e. The number of ether oxygens (including phenoxy) is 2. The van der Waals surface area contributed by atoms with Crippen molar-refractivity contribution in [2.24, 2.45) is 0 Å². The zero-order chi connectivity index (χ0) is 23.6. The molecule has 0 amide bonds. The first-order valence-electron chi connectivity index (χ1n) is 11.4. The third-order valence-electron chi connectivity index (χ3n) is 6.53. The maximum atomic E-state index is 11.3. The number of carbonyl (C=O) groups is 1. The lowest BCUT2D eigenvalue weighted by Crippen LogP contribution is -2.52. The van der Waals surface area contributed by atoms with Crippen molar-refractivity contribution in [3.63, 3.8) is 0 Å². The van der Waals surface area contributed by atoms with E-state index in [4.69, 9.17) is 13.9 Å². The largest absolute Gasteiger partial charge is 0.460 e. The summed E-state index contributed by atoms with van der Waals surface area (Å²) in [5, 5.41) is 10.1. The standard InChI is InChI=1S/C23H48O5Si2/c1-11-12-14-23(5,6)30(9,10)28-20(4)29(7,8)16-13-15-26-17-21(24)18-27-22(25)19(2)3/h20-21,24H,2,11-18H2,1,3-10H3. The molecule has 2 unspecified atom stereocenters. The summed E-state index contributed by atoms with van der Waals surface area (Å²) in [6.07, 6.45) is 3.87. The smallest absolute Gasteiger partial charge is 0.333 e. The number of aliphatic hydroxyl groups is 1. The van der Waals surface area contributed by atoms with Crippen LogP contribution in [0.4, 0.5) is 0 Å². The van der Waals surface area contributed by atoms with Crippen molar-refractivity contribution in [1.82, 2.24) is 0 Å². The Morgan fingerprint density at radius 2 is 1.73 bits per heavy atom. The lowest BCUT2D eigenvalue weighted by atomic mass is 10.1. The molecule has 30 heavy (non-hydrogen) atoms. The summed E-state index contributed by atoms with van der Waals surface area (Å²) in [6, 6.07) is 1.12. The number of rotatable bonds is 16. The first-order chi connectivity index (χ1) is 13.7. The van der Waals surface area contributed by atoms with E-state index in [1.165, 1.54) is 19.3 Å². The Balaban J connectivity index is 4.35. The van der Waals surface area contributed by atoms with Crippen LogP contribution in [-0.2, 0) is 18.7 Å². The minimum atomic E-state index is -1.81. The summed E-state index contributed by atoms with van der Waals surface area (Å²) >= 11 is 0. The van der Waals surface area contributed by atoms with Crippen LogP contribution in [0.2, 0.25) is 37.3 Å². The second-order valence-corrected chi connectivity index (χ2v) is 20.4. The molecule has 178 valence electrons.